The Labute approximate surface area is 161 Å². The van der Waals surface area contributed by atoms with Gasteiger partial charge in [0.1, 0.15) is 5.82 Å². The van der Waals surface area contributed by atoms with E-state index in [9.17, 15) is 22.4 Å². The molecule has 150 valence electrons. The molecular weight excluding hydrogens is 372 g/mol. The van der Waals surface area contributed by atoms with Crippen LogP contribution in [0.25, 0.3) is 0 Å². The van der Waals surface area contributed by atoms with Crippen molar-refractivity contribution in [1.82, 2.24) is 10.2 Å². The number of amides is 1. The molecule has 0 aliphatic carbocycles. The number of nitrogens with zero attached hydrogens (tertiary/aromatic N) is 1. The highest BCUT2D eigenvalue weighted by Crippen LogP contribution is 2.31. The Bertz CT molecular complexity index is 851. The fourth-order valence-corrected chi connectivity index (χ4v) is 3.32. The van der Waals surface area contributed by atoms with E-state index in [1.807, 2.05) is 0 Å². The van der Waals surface area contributed by atoms with Crippen LogP contribution in [0.2, 0.25) is 0 Å². The molecule has 1 saturated heterocycles. The van der Waals surface area contributed by atoms with Gasteiger partial charge in [0.2, 0.25) is 5.91 Å². The molecule has 3 rings (SSSR count). The van der Waals surface area contributed by atoms with Crippen molar-refractivity contribution < 1.29 is 22.4 Å². The number of hydrogen-bond donors (Lipinski definition) is 1. The summed E-state index contributed by atoms with van der Waals surface area (Å²) >= 11 is 0. The van der Waals surface area contributed by atoms with E-state index in [0.29, 0.717) is 29.7 Å². The Hall–Kier alpha value is -2.41. The molecule has 1 heterocycles. The van der Waals surface area contributed by atoms with Gasteiger partial charge in [-0.1, -0.05) is 24.3 Å². The molecule has 1 atom stereocenters. The molecule has 28 heavy (non-hydrogen) atoms. The molecule has 7 heteroatoms. The van der Waals surface area contributed by atoms with E-state index in [1.54, 1.807) is 30.0 Å². The van der Waals surface area contributed by atoms with Crippen molar-refractivity contribution in [1.29, 1.82) is 0 Å². The molecule has 2 aromatic carbocycles. The Kier molecular flexibility index (Phi) is 6.03. The zero-order chi connectivity index (χ0) is 20.3. The first-order chi connectivity index (χ1) is 13.2. The fraction of sp³-hybridized carbons (Fsp3) is 0.381. The van der Waals surface area contributed by atoms with E-state index in [-0.39, 0.29) is 24.8 Å². The van der Waals surface area contributed by atoms with Crippen molar-refractivity contribution in [2.45, 2.75) is 38.5 Å². The predicted octanol–water partition coefficient (Wildman–Crippen LogP) is 4.61. The Morgan fingerprint density at radius 2 is 1.96 bits per heavy atom. The third-order valence-electron chi connectivity index (χ3n) is 4.98. The molecule has 1 N–H and O–H groups in total. The van der Waals surface area contributed by atoms with Crippen LogP contribution >= 0.6 is 0 Å². The van der Waals surface area contributed by atoms with E-state index in [4.69, 9.17) is 0 Å². The molecule has 1 unspecified atom stereocenters. The lowest BCUT2D eigenvalue weighted by Gasteiger charge is -2.26. The zero-order valence-electron chi connectivity index (χ0n) is 15.5. The highest BCUT2D eigenvalue weighted by molar-refractivity contribution is 5.78. The summed E-state index contributed by atoms with van der Waals surface area (Å²) in [6.45, 7) is 2.81. The van der Waals surface area contributed by atoms with Crippen molar-refractivity contribution in [2.24, 2.45) is 0 Å². The molecule has 1 aliphatic heterocycles. The topological polar surface area (TPSA) is 32.3 Å². The van der Waals surface area contributed by atoms with Gasteiger partial charge < -0.3 is 10.2 Å². The summed E-state index contributed by atoms with van der Waals surface area (Å²) in [5.41, 5.74) is 0.932. The molecule has 1 fully saturated rings. The second-order valence-corrected chi connectivity index (χ2v) is 7.08. The van der Waals surface area contributed by atoms with Gasteiger partial charge in [0.05, 0.1) is 11.6 Å². The summed E-state index contributed by atoms with van der Waals surface area (Å²) in [6, 6.07) is 9.46. The lowest BCUT2D eigenvalue weighted by Crippen LogP contribution is -2.36. The van der Waals surface area contributed by atoms with Crippen LogP contribution in [0.5, 0.6) is 0 Å². The summed E-state index contributed by atoms with van der Waals surface area (Å²) in [7, 11) is 0. The number of aryl methyl sites for hydroxylation is 1. The van der Waals surface area contributed by atoms with E-state index in [2.05, 4.69) is 5.32 Å². The fourth-order valence-electron chi connectivity index (χ4n) is 3.32. The van der Waals surface area contributed by atoms with Crippen molar-refractivity contribution in [2.75, 3.05) is 13.1 Å². The molecule has 0 saturated carbocycles. The van der Waals surface area contributed by atoms with E-state index >= 15 is 0 Å². The number of halogens is 4. The molecule has 0 radical (unpaired) electrons. The molecule has 0 aromatic heterocycles. The Balaban J connectivity index is 1.82. The first-order valence-corrected chi connectivity index (χ1v) is 9.17. The lowest BCUT2D eigenvalue weighted by molar-refractivity contribution is -0.137. The molecule has 1 amide bonds. The van der Waals surface area contributed by atoms with Crippen LogP contribution < -0.4 is 5.32 Å². The zero-order valence-corrected chi connectivity index (χ0v) is 15.5. The number of nitrogens with one attached hydrogen (secondary N) is 1. The van der Waals surface area contributed by atoms with Crippen LogP contribution in [-0.2, 0) is 17.5 Å². The molecule has 1 aliphatic rings. The maximum atomic E-state index is 13.8. The monoisotopic (exact) mass is 394 g/mol. The molecular formula is C21H22F4N2O. The van der Waals surface area contributed by atoms with Crippen molar-refractivity contribution >= 4 is 5.91 Å². The number of carbonyl (C=O) groups excluding carboxylic acids is 1. The van der Waals surface area contributed by atoms with E-state index in [0.717, 1.165) is 18.6 Å². The quantitative estimate of drug-likeness (QED) is 0.726. The molecule has 0 spiro atoms. The van der Waals surface area contributed by atoms with E-state index in [1.165, 1.54) is 12.1 Å². The van der Waals surface area contributed by atoms with Gasteiger partial charge in [-0.05, 0) is 48.2 Å². The van der Waals surface area contributed by atoms with Crippen LogP contribution in [0.4, 0.5) is 17.6 Å². The number of alkyl halides is 3. The SMILES string of the molecule is Cc1ccc(CNC(CN2CCCC2=O)c2cccc(C(F)(F)F)c2)cc1F. The number of rotatable bonds is 6. The molecule has 2 aromatic rings. The summed E-state index contributed by atoms with van der Waals surface area (Å²) in [4.78, 5) is 13.7. The number of carbonyl (C=O) groups is 1. The van der Waals surface area contributed by atoms with Crippen LogP contribution in [-0.4, -0.2) is 23.9 Å². The van der Waals surface area contributed by atoms with Crippen molar-refractivity contribution in [3.63, 3.8) is 0 Å². The van der Waals surface area contributed by atoms with Gasteiger partial charge >= 0.3 is 6.18 Å². The van der Waals surface area contributed by atoms with Crippen molar-refractivity contribution in [3.05, 3.63) is 70.5 Å². The van der Waals surface area contributed by atoms with Crippen LogP contribution in [0.3, 0.4) is 0 Å². The third kappa shape index (κ3) is 4.90. The molecule has 3 nitrogen and oxygen atoms in total. The van der Waals surface area contributed by atoms with Gasteiger partial charge in [-0.3, -0.25) is 4.79 Å². The number of hydrogen-bond acceptors (Lipinski definition) is 2. The lowest BCUT2D eigenvalue weighted by atomic mass is 10.0. The minimum Gasteiger partial charge on any atom is -0.341 e. The number of benzene rings is 2. The summed E-state index contributed by atoms with van der Waals surface area (Å²) in [6.07, 6.45) is -3.24. The van der Waals surface area contributed by atoms with Crippen LogP contribution in [0.1, 0.15) is 41.1 Å². The maximum Gasteiger partial charge on any atom is 0.416 e. The normalized spacial score (nSPS) is 15.9. The van der Waals surface area contributed by atoms with Gasteiger partial charge in [-0.2, -0.15) is 13.2 Å². The van der Waals surface area contributed by atoms with Gasteiger partial charge in [-0.15, -0.1) is 0 Å². The summed E-state index contributed by atoms with van der Waals surface area (Å²) in [5, 5.41) is 3.20. The average molecular weight is 394 g/mol. The first kappa shape index (κ1) is 20.3. The first-order valence-electron chi connectivity index (χ1n) is 9.17. The minimum absolute atomic E-state index is 0.000145. The maximum absolute atomic E-state index is 13.8. The largest absolute Gasteiger partial charge is 0.416 e. The highest BCUT2D eigenvalue weighted by atomic mass is 19.4. The Morgan fingerprint density at radius 3 is 2.61 bits per heavy atom. The predicted molar refractivity (Wildman–Crippen MR) is 98.0 cm³/mol. The third-order valence-corrected chi connectivity index (χ3v) is 4.98. The van der Waals surface area contributed by atoms with Gasteiger partial charge in [-0.25, -0.2) is 4.39 Å². The van der Waals surface area contributed by atoms with Crippen molar-refractivity contribution in [3.8, 4) is 0 Å². The highest BCUT2D eigenvalue weighted by Gasteiger charge is 2.31. The minimum atomic E-state index is -4.44. The van der Waals surface area contributed by atoms with Crippen LogP contribution in [0.15, 0.2) is 42.5 Å². The number of likely N-dealkylation sites (tertiary alicyclic amines) is 1. The molecule has 0 bridgehead atoms. The Morgan fingerprint density at radius 1 is 1.18 bits per heavy atom. The summed E-state index contributed by atoms with van der Waals surface area (Å²) in [5.74, 6) is -0.329. The van der Waals surface area contributed by atoms with Gasteiger partial charge in [0, 0.05) is 26.1 Å². The smallest absolute Gasteiger partial charge is 0.341 e. The standard InChI is InChI=1S/C21H22F4N2O/c1-14-7-8-15(10-18(14)22)12-26-19(13-27-9-3-6-20(27)28)16-4-2-5-17(11-16)21(23,24)25/h2,4-5,7-8,10-11,19,26H,3,6,9,12-13H2,1H3. The van der Waals surface area contributed by atoms with E-state index < -0.39 is 17.8 Å². The second kappa shape index (κ2) is 8.31. The van der Waals surface area contributed by atoms with Gasteiger partial charge in [0.15, 0.2) is 0 Å². The van der Waals surface area contributed by atoms with Crippen LogP contribution in [0, 0.1) is 12.7 Å². The average Bonchev–Trinajstić information content (AvgIpc) is 3.05. The second-order valence-electron chi connectivity index (χ2n) is 7.08. The van der Waals surface area contributed by atoms with Gasteiger partial charge in [0.25, 0.3) is 0 Å². The summed E-state index contributed by atoms with van der Waals surface area (Å²) < 4.78 is 53.1.